The summed E-state index contributed by atoms with van der Waals surface area (Å²) in [6, 6.07) is -0.628. The summed E-state index contributed by atoms with van der Waals surface area (Å²) >= 11 is 0. The molecular formula is C9H18N4O2. The van der Waals surface area contributed by atoms with E-state index in [0.29, 0.717) is 13.1 Å². The second-order valence-electron chi connectivity index (χ2n) is 3.60. The van der Waals surface area contributed by atoms with Crippen molar-refractivity contribution in [3.8, 4) is 0 Å². The first-order chi connectivity index (χ1) is 7.15. The Bertz CT molecular complexity index is 244. The lowest BCUT2D eigenvalue weighted by Gasteiger charge is -2.32. The van der Waals surface area contributed by atoms with Crippen LogP contribution >= 0.6 is 0 Å². The lowest BCUT2D eigenvalue weighted by Crippen LogP contribution is -2.51. The van der Waals surface area contributed by atoms with Gasteiger partial charge in [0.1, 0.15) is 0 Å². The van der Waals surface area contributed by atoms with Crippen molar-refractivity contribution in [2.24, 2.45) is 5.73 Å². The molecule has 86 valence electrons. The maximum atomic E-state index is 11.8. The Kier molecular flexibility index (Phi) is 4.36. The first-order valence-corrected chi connectivity index (χ1v) is 5.14. The van der Waals surface area contributed by atoms with E-state index in [9.17, 15) is 9.59 Å². The van der Waals surface area contributed by atoms with Crippen molar-refractivity contribution in [3.05, 3.63) is 0 Å². The number of urea groups is 1. The highest BCUT2D eigenvalue weighted by molar-refractivity contribution is 5.82. The second-order valence-corrected chi connectivity index (χ2v) is 3.60. The first kappa shape index (κ1) is 11.8. The predicted molar refractivity (Wildman–Crippen MR) is 56.2 cm³/mol. The van der Waals surface area contributed by atoms with Crippen LogP contribution in [0, 0.1) is 0 Å². The molecule has 6 nitrogen and oxygen atoms in total. The van der Waals surface area contributed by atoms with Crippen LogP contribution in [0.2, 0.25) is 0 Å². The minimum atomic E-state index is -0.551. The van der Waals surface area contributed by atoms with Crippen LogP contribution in [-0.4, -0.2) is 49.6 Å². The zero-order valence-electron chi connectivity index (χ0n) is 8.95. The van der Waals surface area contributed by atoms with Gasteiger partial charge in [0, 0.05) is 19.6 Å². The van der Waals surface area contributed by atoms with Crippen molar-refractivity contribution < 1.29 is 9.59 Å². The normalized spacial score (nSPS) is 21.5. The predicted octanol–water partition coefficient (Wildman–Crippen LogP) is -1.13. The number of piperidine rings is 1. The summed E-state index contributed by atoms with van der Waals surface area (Å²) < 4.78 is 0. The highest BCUT2D eigenvalue weighted by Crippen LogP contribution is 2.10. The largest absolute Gasteiger partial charge is 0.352 e. The molecule has 0 saturated carbocycles. The van der Waals surface area contributed by atoms with E-state index in [1.165, 1.54) is 0 Å². The molecule has 0 aromatic carbocycles. The van der Waals surface area contributed by atoms with Crippen molar-refractivity contribution in [1.82, 2.24) is 15.5 Å². The molecule has 0 aromatic rings. The van der Waals surface area contributed by atoms with Crippen LogP contribution in [0.15, 0.2) is 0 Å². The number of nitrogens with zero attached hydrogens (tertiary/aromatic N) is 1. The Morgan fingerprint density at radius 1 is 1.67 bits per heavy atom. The maximum absolute atomic E-state index is 11.8. The van der Waals surface area contributed by atoms with Crippen molar-refractivity contribution in [2.45, 2.75) is 18.9 Å². The molecular weight excluding hydrogens is 196 g/mol. The van der Waals surface area contributed by atoms with Gasteiger partial charge in [-0.1, -0.05) is 0 Å². The molecule has 0 spiro atoms. The zero-order valence-corrected chi connectivity index (χ0v) is 8.95. The number of likely N-dealkylation sites (tertiary alicyclic amines) is 1. The van der Waals surface area contributed by atoms with Crippen LogP contribution in [0.25, 0.3) is 0 Å². The van der Waals surface area contributed by atoms with Crippen LogP contribution in [0.4, 0.5) is 4.79 Å². The average Bonchev–Trinajstić information content (AvgIpc) is 2.20. The first-order valence-electron chi connectivity index (χ1n) is 5.14. The molecule has 1 fully saturated rings. The SMILES string of the molecule is CNC1CCCN(CCNC(N)=O)C1=O. The van der Waals surface area contributed by atoms with Crippen LogP contribution in [0.3, 0.4) is 0 Å². The Hall–Kier alpha value is -1.30. The summed E-state index contributed by atoms with van der Waals surface area (Å²) in [5.41, 5.74) is 4.93. The number of carbonyl (C=O) groups is 2. The standard InChI is InChI=1S/C9H18N4O2/c1-11-7-3-2-5-13(8(7)14)6-4-12-9(10)15/h7,11H,2-6H2,1H3,(H3,10,12,15). The van der Waals surface area contributed by atoms with E-state index in [4.69, 9.17) is 5.73 Å². The number of carbonyl (C=O) groups excluding carboxylic acids is 2. The fraction of sp³-hybridized carbons (Fsp3) is 0.778. The van der Waals surface area contributed by atoms with Gasteiger partial charge >= 0.3 is 6.03 Å². The molecule has 1 unspecified atom stereocenters. The number of primary amides is 1. The molecule has 0 bridgehead atoms. The number of amides is 3. The third kappa shape index (κ3) is 3.39. The van der Waals surface area contributed by atoms with Crippen LogP contribution in [0.1, 0.15) is 12.8 Å². The molecule has 15 heavy (non-hydrogen) atoms. The van der Waals surface area contributed by atoms with Crippen LogP contribution in [-0.2, 0) is 4.79 Å². The Balaban J connectivity index is 2.34. The fourth-order valence-corrected chi connectivity index (χ4v) is 1.74. The maximum Gasteiger partial charge on any atom is 0.312 e. The molecule has 1 rings (SSSR count). The minimum absolute atomic E-state index is 0.0765. The van der Waals surface area contributed by atoms with E-state index >= 15 is 0 Å². The summed E-state index contributed by atoms with van der Waals surface area (Å²) in [5, 5.41) is 5.45. The molecule has 0 radical (unpaired) electrons. The molecule has 3 amide bonds. The Morgan fingerprint density at radius 3 is 3.00 bits per heavy atom. The summed E-state index contributed by atoms with van der Waals surface area (Å²) in [6.45, 7) is 1.70. The van der Waals surface area contributed by atoms with E-state index < -0.39 is 6.03 Å². The molecule has 1 aliphatic rings. The van der Waals surface area contributed by atoms with Crippen molar-refractivity contribution in [1.29, 1.82) is 0 Å². The summed E-state index contributed by atoms with van der Waals surface area (Å²) in [4.78, 5) is 23.9. The van der Waals surface area contributed by atoms with Gasteiger partial charge in [0.15, 0.2) is 0 Å². The van der Waals surface area contributed by atoms with Gasteiger partial charge in [0.2, 0.25) is 5.91 Å². The van der Waals surface area contributed by atoms with Gasteiger partial charge < -0.3 is 21.3 Å². The molecule has 1 heterocycles. The van der Waals surface area contributed by atoms with Crippen molar-refractivity contribution in [3.63, 3.8) is 0 Å². The molecule has 1 saturated heterocycles. The van der Waals surface area contributed by atoms with E-state index in [0.717, 1.165) is 19.4 Å². The number of hydrogen-bond acceptors (Lipinski definition) is 3. The Morgan fingerprint density at radius 2 is 2.40 bits per heavy atom. The van der Waals surface area contributed by atoms with Crippen LogP contribution in [0.5, 0.6) is 0 Å². The molecule has 1 aliphatic heterocycles. The molecule has 1 atom stereocenters. The minimum Gasteiger partial charge on any atom is -0.352 e. The van der Waals surface area contributed by atoms with Gasteiger partial charge in [-0.2, -0.15) is 0 Å². The Labute approximate surface area is 89.2 Å². The summed E-state index contributed by atoms with van der Waals surface area (Å²) in [5.74, 6) is 0.107. The molecule has 0 aromatic heterocycles. The monoisotopic (exact) mass is 214 g/mol. The van der Waals surface area contributed by atoms with Crippen molar-refractivity contribution in [2.75, 3.05) is 26.7 Å². The van der Waals surface area contributed by atoms with Gasteiger partial charge in [-0.15, -0.1) is 0 Å². The molecule has 4 N–H and O–H groups in total. The van der Waals surface area contributed by atoms with Gasteiger partial charge in [0.25, 0.3) is 0 Å². The number of hydrogen-bond donors (Lipinski definition) is 3. The van der Waals surface area contributed by atoms with E-state index in [2.05, 4.69) is 10.6 Å². The molecule has 6 heteroatoms. The van der Waals surface area contributed by atoms with Crippen molar-refractivity contribution >= 4 is 11.9 Å². The van der Waals surface area contributed by atoms with E-state index in [1.807, 2.05) is 0 Å². The van der Waals surface area contributed by atoms with E-state index in [1.54, 1.807) is 11.9 Å². The lowest BCUT2D eigenvalue weighted by molar-refractivity contribution is -0.135. The third-order valence-electron chi connectivity index (χ3n) is 2.56. The average molecular weight is 214 g/mol. The van der Waals surface area contributed by atoms with Gasteiger partial charge in [-0.3, -0.25) is 4.79 Å². The quantitative estimate of drug-likeness (QED) is 0.553. The van der Waals surface area contributed by atoms with Gasteiger partial charge in [0.05, 0.1) is 6.04 Å². The summed E-state index contributed by atoms with van der Waals surface area (Å²) in [6.07, 6.45) is 1.88. The molecule has 0 aliphatic carbocycles. The topological polar surface area (TPSA) is 87.5 Å². The van der Waals surface area contributed by atoms with E-state index in [-0.39, 0.29) is 11.9 Å². The fourth-order valence-electron chi connectivity index (χ4n) is 1.74. The summed E-state index contributed by atoms with van der Waals surface area (Å²) in [7, 11) is 1.79. The smallest absolute Gasteiger partial charge is 0.312 e. The lowest BCUT2D eigenvalue weighted by atomic mass is 10.1. The van der Waals surface area contributed by atoms with Gasteiger partial charge in [-0.05, 0) is 19.9 Å². The van der Waals surface area contributed by atoms with Crippen LogP contribution < -0.4 is 16.4 Å². The highest BCUT2D eigenvalue weighted by Gasteiger charge is 2.26. The second kappa shape index (κ2) is 5.55. The van der Waals surface area contributed by atoms with Gasteiger partial charge in [-0.25, -0.2) is 4.79 Å². The number of nitrogens with one attached hydrogen (secondary N) is 2. The highest BCUT2D eigenvalue weighted by atomic mass is 16.2. The third-order valence-corrected chi connectivity index (χ3v) is 2.56. The number of likely N-dealkylation sites (N-methyl/N-ethyl adjacent to an activating group) is 1. The zero-order chi connectivity index (χ0) is 11.3. The number of nitrogens with two attached hydrogens (primary N) is 1. The number of rotatable bonds is 4.